The van der Waals surface area contributed by atoms with Crippen LogP contribution in [0.25, 0.3) is 0 Å². The van der Waals surface area contributed by atoms with Crippen LogP contribution in [0.1, 0.15) is 30.5 Å². The molecule has 1 atom stereocenters. The molecule has 3 nitrogen and oxygen atoms in total. The molecule has 0 amide bonds. The van der Waals surface area contributed by atoms with Crippen molar-refractivity contribution in [3.63, 3.8) is 0 Å². The monoisotopic (exact) mass is 269 g/mol. The van der Waals surface area contributed by atoms with Gasteiger partial charge in [0.25, 0.3) is 0 Å². The summed E-state index contributed by atoms with van der Waals surface area (Å²) in [5.74, 6) is -0.306. The summed E-state index contributed by atoms with van der Waals surface area (Å²) < 4.78 is 5.99. The molecule has 2 rings (SSSR count). The molecule has 1 unspecified atom stereocenters. The highest BCUT2D eigenvalue weighted by molar-refractivity contribution is 9.10. The molecule has 15 heavy (non-hydrogen) atoms. The minimum Gasteiger partial charge on any atom is -0.465 e. The third kappa shape index (κ3) is 2.04. The van der Waals surface area contributed by atoms with E-state index in [1.54, 1.807) is 6.20 Å². The van der Waals surface area contributed by atoms with Crippen molar-refractivity contribution in [3.8, 4) is 0 Å². The van der Waals surface area contributed by atoms with Crippen molar-refractivity contribution in [2.45, 2.75) is 25.7 Å². The predicted molar refractivity (Wildman–Crippen MR) is 59.6 cm³/mol. The Balaban J connectivity index is 2.25. The maximum absolute atomic E-state index is 11.6. The minimum absolute atomic E-state index is 0.147. The second-order valence-corrected chi connectivity index (χ2v) is 4.46. The molecule has 0 N–H and O–H groups in total. The zero-order valence-corrected chi connectivity index (χ0v) is 10.1. The molecule has 4 heteroatoms. The van der Waals surface area contributed by atoms with Crippen LogP contribution in [0.4, 0.5) is 0 Å². The second kappa shape index (κ2) is 4.31. The van der Waals surface area contributed by atoms with E-state index in [2.05, 4.69) is 20.9 Å². The molecule has 0 saturated heterocycles. The van der Waals surface area contributed by atoms with Gasteiger partial charge < -0.3 is 4.74 Å². The third-order valence-electron chi connectivity index (χ3n) is 2.57. The fourth-order valence-corrected chi connectivity index (χ4v) is 2.29. The molecule has 0 aliphatic heterocycles. The number of halogens is 1. The Kier molecular flexibility index (Phi) is 3.05. The maximum atomic E-state index is 11.6. The maximum Gasteiger partial charge on any atom is 0.315 e. The molecule has 0 saturated carbocycles. The molecular formula is C11H12BrNO2. The Hall–Kier alpha value is -0.900. The quantitative estimate of drug-likeness (QED) is 0.775. The van der Waals surface area contributed by atoms with Gasteiger partial charge in [-0.25, -0.2) is 0 Å². The van der Waals surface area contributed by atoms with Crippen LogP contribution in [0.5, 0.6) is 0 Å². The normalized spacial score (nSPS) is 18.7. The first-order chi connectivity index (χ1) is 7.22. The average molecular weight is 270 g/mol. The van der Waals surface area contributed by atoms with E-state index in [0.717, 1.165) is 28.6 Å². The number of aromatic nitrogens is 1. The standard InChI is InChI=1S/C11H12BrNO2/c1-2-15-11(14)9-4-3-7-5-8(12)6-13-10(7)9/h5-6,9H,2-4H2,1H3. The van der Waals surface area contributed by atoms with E-state index in [1.165, 1.54) is 0 Å². The van der Waals surface area contributed by atoms with E-state index in [1.807, 2.05) is 13.0 Å². The van der Waals surface area contributed by atoms with E-state index in [9.17, 15) is 4.79 Å². The van der Waals surface area contributed by atoms with Crippen molar-refractivity contribution in [3.05, 3.63) is 28.0 Å². The van der Waals surface area contributed by atoms with Gasteiger partial charge in [-0.3, -0.25) is 9.78 Å². The van der Waals surface area contributed by atoms with E-state index in [0.29, 0.717) is 6.61 Å². The highest BCUT2D eigenvalue weighted by atomic mass is 79.9. The van der Waals surface area contributed by atoms with Gasteiger partial charge in [0.1, 0.15) is 0 Å². The molecule has 1 aliphatic carbocycles. The van der Waals surface area contributed by atoms with Gasteiger partial charge in [-0.15, -0.1) is 0 Å². The number of carbonyl (C=O) groups is 1. The first-order valence-corrected chi connectivity index (χ1v) is 5.82. The van der Waals surface area contributed by atoms with Crippen LogP contribution in [-0.2, 0) is 16.0 Å². The lowest BCUT2D eigenvalue weighted by molar-refractivity contribution is -0.145. The summed E-state index contributed by atoms with van der Waals surface area (Å²) in [6.07, 6.45) is 3.46. The van der Waals surface area contributed by atoms with Crippen molar-refractivity contribution in [2.75, 3.05) is 6.61 Å². The first kappa shape index (κ1) is 10.6. The summed E-state index contributed by atoms with van der Waals surface area (Å²) in [5.41, 5.74) is 2.04. The number of ether oxygens (including phenoxy) is 1. The Bertz CT molecular complexity index is 392. The number of rotatable bonds is 2. The van der Waals surface area contributed by atoms with Gasteiger partial charge in [-0.1, -0.05) is 0 Å². The molecule has 1 aromatic heterocycles. The molecule has 0 spiro atoms. The van der Waals surface area contributed by atoms with Crippen molar-refractivity contribution in [1.29, 1.82) is 0 Å². The number of fused-ring (bicyclic) bond motifs is 1. The Morgan fingerprint density at radius 2 is 2.53 bits per heavy atom. The van der Waals surface area contributed by atoms with Crippen LogP contribution >= 0.6 is 15.9 Å². The SMILES string of the molecule is CCOC(=O)C1CCc2cc(Br)cnc21. The summed E-state index contributed by atoms with van der Waals surface area (Å²) in [6.45, 7) is 2.25. The largest absolute Gasteiger partial charge is 0.465 e. The van der Waals surface area contributed by atoms with Crippen LogP contribution in [0.2, 0.25) is 0 Å². The van der Waals surface area contributed by atoms with E-state index >= 15 is 0 Å². The summed E-state index contributed by atoms with van der Waals surface area (Å²) >= 11 is 3.37. The van der Waals surface area contributed by atoms with Gasteiger partial charge in [-0.05, 0) is 47.3 Å². The number of hydrogen-bond donors (Lipinski definition) is 0. The number of aryl methyl sites for hydroxylation is 1. The van der Waals surface area contributed by atoms with Gasteiger partial charge in [0.15, 0.2) is 0 Å². The minimum atomic E-state index is -0.159. The number of carbonyl (C=O) groups excluding carboxylic acids is 1. The average Bonchev–Trinajstić information content (AvgIpc) is 2.60. The number of esters is 1. The molecule has 1 aromatic rings. The Morgan fingerprint density at radius 3 is 3.27 bits per heavy atom. The van der Waals surface area contributed by atoms with E-state index in [-0.39, 0.29) is 11.9 Å². The van der Waals surface area contributed by atoms with Gasteiger partial charge in [0.2, 0.25) is 0 Å². The summed E-state index contributed by atoms with van der Waals surface area (Å²) in [7, 11) is 0. The lowest BCUT2D eigenvalue weighted by atomic mass is 10.1. The second-order valence-electron chi connectivity index (χ2n) is 3.54. The third-order valence-corrected chi connectivity index (χ3v) is 3.01. The van der Waals surface area contributed by atoms with Crippen molar-refractivity contribution >= 4 is 21.9 Å². The number of hydrogen-bond acceptors (Lipinski definition) is 3. The molecule has 0 fully saturated rings. The number of pyridine rings is 1. The van der Waals surface area contributed by atoms with Gasteiger partial charge in [-0.2, -0.15) is 0 Å². The molecule has 80 valence electrons. The zero-order chi connectivity index (χ0) is 10.8. The lowest BCUT2D eigenvalue weighted by Crippen LogP contribution is -2.14. The van der Waals surface area contributed by atoms with E-state index < -0.39 is 0 Å². The van der Waals surface area contributed by atoms with Crippen LogP contribution in [0.15, 0.2) is 16.7 Å². The van der Waals surface area contributed by atoms with Crippen LogP contribution < -0.4 is 0 Å². The molecule has 1 aliphatic rings. The van der Waals surface area contributed by atoms with Gasteiger partial charge in [0.05, 0.1) is 18.2 Å². The van der Waals surface area contributed by atoms with Crippen molar-refractivity contribution in [2.24, 2.45) is 0 Å². The highest BCUT2D eigenvalue weighted by Gasteiger charge is 2.31. The zero-order valence-electron chi connectivity index (χ0n) is 8.50. The van der Waals surface area contributed by atoms with Crippen LogP contribution in [0.3, 0.4) is 0 Å². The predicted octanol–water partition coefficient (Wildman–Crippen LogP) is 2.44. The molecule has 0 radical (unpaired) electrons. The summed E-state index contributed by atoms with van der Waals surface area (Å²) in [6, 6.07) is 2.03. The smallest absolute Gasteiger partial charge is 0.315 e. The first-order valence-electron chi connectivity index (χ1n) is 5.03. The fraction of sp³-hybridized carbons (Fsp3) is 0.455. The molecule has 0 aromatic carbocycles. The Morgan fingerprint density at radius 1 is 1.73 bits per heavy atom. The van der Waals surface area contributed by atoms with Gasteiger partial charge >= 0.3 is 5.97 Å². The molecule has 1 heterocycles. The van der Waals surface area contributed by atoms with Crippen molar-refractivity contribution < 1.29 is 9.53 Å². The highest BCUT2D eigenvalue weighted by Crippen LogP contribution is 2.33. The van der Waals surface area contributed by atoms with Gasteiger partial charge in [0, 0.05) is 10.7 Å². The summed E-state index contributed by atoms with van der Waals surface area (Å²) in [5, 5.41) is 0. The summed E-state index contributed by atoms with van der Waals surface area (Å²) in [4.78, 5) is 15.9. The molecule has 0 bridgehead atoms. The van der Waals surface area contributed by atoms with Crippen LogP contribution in [0, 0.1) is 0 Å². The van der Waals surface area contributed by atoms with Crippen LogP contribution in [-0.4, -0.2) is 17.6 Å². The topological polar surface area (TPSA) is 39.2 Å². The lowest BCUT2D eigenvalue weighted by Gasteiger charge is -2.09. The number of nitrogens with zero attached hydrogens (tertiary/aromatic N) is 1. The van der Waals surface area contributed by atoms with Crippen molar-refractivity contribution in [1.82, 2.24) is 4.98 Å². The molecular weight excluding hydrogens is 258 g/mol. The van der Waals surface area contributed by atoms with E-state index in [4.69, 9.17) is 4.74 Å². The fourth-order valence-electron chi connectivity index (χ4n) is 1.91. The Labute approximate surface area is 97.0 Å².